The fourth-order valence-corrected chi connectivity index (χ4v) is 3.50. The SMILES string of the molecule is CCC(C)c1ccc(N(CC)c2c(C)cc(C(C)(C)C)cc2C)cc1. The minimum Gasteiger partial charge on any atom is -0.341 e. The lowest BCUT2D eigenvalue weighted by atomic mass is 9.84. The summed E-state index contributed by atoms with van der Waals surface area (Å²) < 4.78 is 0. The number of hydrogen-bond donors (Lipinski definition) is 0. The van der Waals surface area contributed by atoms with Gasteiger partial charge in [0.2, 0.25) is 0 Å². The highest BCUT2D eigenvalue weighted by atomic mass is 15.1. The molecule has 0 fully saturated rings. The summed E-state index contributed by atoms with van der Waals surface area (Å²) in [6.07, 6.45) is 1.18. The van der Waals surface area contributed by atoms with Gasteiger partial charge in [-0.05, 0) is 72.9 Å². The first kappa shape index (κ1) is 19.6. The fraction of sp³-hybridized carbons (Fsp3) is 0.500. The number of hydrogen-bond acceptors (Lipinski definition) is 1. The van der Waals surface area contributed by atoms with Crippen LogP contribution in [0.4, 0.5) is 11.4 Å². The lowest BCUT2D eigenvalue weighted by Crippen LogP contribution is -2.20. The van der Waals surface area contributed by atoms with Crippen LogP contribution in [0.1, 0.15) is 76.1 Å². The zero-order valence-corrected chi connectivity index (χ0v) is 17.4. The van der Waals surface area contributed by atoms with Crippen LogP contribution in [-0.2, 0) is 5.41 Å². The summed E-state index contributed by atoms with van der Waals surface area (Å²) in [6.45, 7) is 19.1. The highest BCUT2D eigenvalue weighted by Gasteiger charge is 2.19. The van der Waals surface area contributed by atoms with Crippen molar-refractivity contribution >= 4 is 11.4 Å². The van der Waals surface area contributed by atoms with Crippen molar-refractivity contribution < 1.29 is 0 Å². The first-order valence-electron chi connectivity index (χ1n) is 9.68. The molecular weight excluding hydrogens is 302 g/mol. The van der Waals surface area contributed by atoms with Gasteiger partial charge in [-0.3, -0.25) is 0 Å². The molecule has 0 spiro atoms. The van der Waals surface area contributed by atoms with Crippen LogP contribution in [0.5, 0.6) is 0 Å². The third kappa shape index (κ3) is 4.26. The van der Waals surface area contributed by atoms with Crippen LogP contribution in [-0.4, -0.2) is 6.54 Å². The van der Waals surface area contributed by atoms with Gasteiger partial charge in [0.05, 0.1) is 0 Å². The van der Waals surface area contributed by atoms with E-state index in [1.807, 2.05) is 0 Å². The first-order valence-corrected chi connectivity index (χ1v) is 9.68. The Balaban J connectivity index is 2.44. The zero-order valence-electron chi connectivity index (χ0n) is 17.4. The second-order valence-electron chi connectivity index (χ2n) is 8.35. The topological polar surface area (TPSA) is 3.24 Å². The lowest BCUT2D eigenvalue weighted by molar-refractivity contribution is 0.589. The summed E-state index contributed by atoms with van der Waals surface area (Å²) in [5.41, 5.74) is 8.38. The molecule has 0 N–H and O–H groups in total. The smallest absolute Gasteiger partial charge is 0.0470 e. The number of aryl methyl sites for hydroxylation is 2. The molecule has 0 aliphatic heterocycles. The number of rotatable bonds is 5. The van der Waals surface area contributed by atoms with E-state index in [1.54, 1.807) is 0 Å². The normalized spacial score (nSPS) is 13.0. The minimum absolute atomic E-state index is 0.184. The van der Waals surface area contributed by atoms with Crippen molar-refractivity contribution in [3.63, 3.8) is 0 Å². The molecule has 0 aromatic heterocycles. The number of nitrogens with zero attached hydrogens (tertiary/aromatic N) is 1. The van der Waals surface area contributed by atoms with Crippen LogP contribution in [0.3, 0.4) is 0 Å². The van der Waals surface area contributed by atoms with Crippen molar-refractivity contribution in [1.29, 1.82) is 0 Å². The molecule has 0 saturated heterocycles. The monoisotopic (exact) mass is 337 g/mol. The average Bonchev–Trinajstić information content (AvgIpc) is 2.56. The summed E-state index contributed by atoms with van der Waals surface area (Å²) in [4.78, 5) is 2.44. The average molecular weight is 338 g/mol. The van der Waals surface area contributed by atoms with Crippen LogP contribution in [0.2, 0.25) is 0 Å². The van der Waals surface area contributed by atoms with Crippen molar-refractivity contribution in [2.45, 2.75) is 73.1 Å². The molecule has 0 heterocycles. The molecule has 136 valence electrons. The fourth-order valence-electron chi connectivity index (χ4n) is 3.50. The summed E-state index contributed by atoms with van der Waals surface area (Å²) in [7, 11) is 0. The summed E-state index contributed by atoms with van der Waals surface area (Å²) in [5.74, 6) is 0.624. The highest BCUT2D eigenvalue weighted by molar-refractivity contribution is 5.70. The second-order valence-corrected chi connectivity index (χ2v) is 8.35. The molecule has 0 bridgehead atoms. The molecular formula is C24H35N. The van der Waals surface area contributed by atoms with Crippen molar-refractivity contribution in [2.75, 3.05) is 11.4 Å². The van der Waals surface area contributed by atoms with Gasteiger partial charge >= 0.3 is 0 Å². The van der Waals surface area contributed by atoms with Crippen LogP contribution in [0.25, 0.3) is 0 Å². The molecule has 25 heavy (non-hydrogen) atoms. The van der Waals surface area contributed by atoms with Crippen LogP contribution in [0.15, 0.2) is 36.4 Å². The van der Waals surface area contributed by atoms with Gasteiger partial charge in [-0.2, -0.15) is 0 Å². The molecule has 1 unspecified atom stereocenters. The second kappa shape index (κ2) is 7.64. The predicted octanol–water partition coefficient (Wildman–Crippen LogP) is 7.27. The Hall–Kier alpha value is -1.76. The minimum atomic E-state index is 0.184. The first-order chi connectivity index (χ1) is 11.7. The van der Waals surface area contributed by atoms with Crippen LogP contribution < -0.4 is 4.90 Å². The Morgan fingerprint density at radius 2 is 1.44 bits per heavy atom. The largest absolute Gasteiger partial charge is 0.341 e. The molecule has 0 amide bonds. The van der Waals surface area contributed by atoms with Gasteiger partial charge in [-0.15, -0.1) is 0 Å². The van der Waals surface area contributed by atoms with Gasteiger partial charge in [0, 0.05) is 17.9 Å². The summed E-state index contributed by atoms with van der Waals surface area (Å²) >= 11 is 0. The van der Waals surface area contributed by atoms with E-state index in [0.717, 1.165) is 6.54 Å². The van der Waals surface area contributed by atoms with E-state index in [4.69, 9.17) is 0 Å². The Bertz CT molecular complexity index is 681. The quantitative estimate of drug-likeness (QED) is 0.554. The lowest BCUT2D eigenvalue weighted by Gasteiger charge is -2.30. The van der Waals surface area contributed by atoms with E-state index in [9.17, 15) is 0 Å². The molecule has 0 saturated carbocycles. The zero-order chi connectivity index (χ0) is 18.8. The molecule has 1 nitrogen and oxygen atoms in total. The third-order valence-electron chi connectivity index (χ3n) is 5.33. The molecule has 1 heteroatoms. The van der Waals surface area contributed by atoms with E-state index in [-0.39, 0.29) is 5.41 Å². The van der Waals surface area contributed by atoms with Gasteiger partial charge in [0.25, 0.3) is 0 Å². The van der Waals surface area contributed by atoms with Crippen molar-refractivity contribution in [1.82, 2.24) is 0 Å². The third-order valence-corrected chi connectivity index (χ3v) is 5.33. The summed E-state index contributed by atoms with van der Waals surface area (Å²) in [6, 6.07) is 13.9. The highest BCUT2D eigenvalue weighted by Crippen LogP contribution is 2.35. The Morgan fingerprint density at radius 1 is 0.920 bits per heavy atom. The Kier molecular flexibility index (Phi) is 5.98. The maximum atomic E-state index is 2.44. The maximum Gasteiger partial charge on any atom is 0.0470 e. The summed E-state index contributed by atoms with van der Waals surface area (Å²) in [5, 5.41) is 0. The van der Waals surface area contributed by atoms with Gasteiger partial charge in [-0.25, -0.2) is 0 Å². The van der Waals surface area contributed by atoms with Crippen LogP contribution in [0, 0.1) is 13.8 Å². The predicted molar refractivity (Wildman–Crippen MR) is 112 cm³/mol. The van der Waals surface area contributed by atoms with Crippen molar-refractivity contribution in [3.8, 4) is 0 Å². The van der Waals surface area contributed by atoms with E-state index >= 15 is 0 Å². The molecule has 2 aromatic carbocycles. The van der Waals surface area contributed by atoms with E-state index < -0.39 is 0 Å². The van der Waals surface area contributed by atoms with Gasteiger partial charge < -0.3 is 4.90 Å². The van der Waals surface area contributed by atoms with Gasteiger partial charge in [0.1, 0.15) is 0 Å². The van der Waals surface area contributed by atoms with Crippen molar-refractivity contribution in [2.24, 2.45) is 0 Å². The van der Waals surface area contributed by atoms with Crippen molar-refractivity contribution in [3.05, 3.63) is 58.7 Å². The molecule has 0 aliphatic carbocycles. The molecule has 2 rings (SSSR count). The molecule has 2 aromatic rings. The van der Waals surface area contributed by atoms with Gasteiger partial charge in [0.15, 0.2) is 0 Å². The van der Waals surface area contributed by atoms with Crippen LogP contribution >= 0.6 is 0 Å². The van der Waals surface area contributed by atoms with Gasteiger partial charge in [-0.1, -0.05) is 58.9 Å². The molecule has 0 aliphatic rings. The standard InChI is InChI=1S/C24H35N/c1-9-17(3)20-11-13-22(14-12-20)25(10-2)23-18(4)15-21(16-19(23)5)24(6,7)8/h11-17H,9-10H2,1-8H3. The molecule has 0 radical (unpaired) electrons. The maximum absolute atomic E-state index is 2.44. The van der Waals surface area contributed by atoms with E-state index in [2.05, 4.69) is 96.7 Å². The Labute approximate surface area is 155 Å². The van der Waals surface area contributed by atoms with E-state index in [1.165, 1.54) is 40.0 Å². The molecule has 1 atom stereocenters. The number of benzene rings is 2. The number of anilines is 2. The Morgan fingerprint density at radius 3 is 1.84 bits per heavy atom. The van der Waals surface area contributed by atoms with E-state index in [0.29, 0.717) is 5.92 Å².